The molecule has 1 unspecified atom stereocenters. The SMILES string of the molecule is CCCc1ccccc1N1C(=O)CSC1c1ccc(NC(=O)c2cccs2)cc1. The number of carbonyl (C=O) groups is 2. The van der Waals surface area contributed by atoms with Crippen LogP contribution in [-0.4, -0.2) is 17.6 Å². The van der Waals surface area contributed by atoms with Crippen molar-refractivity contribution in [3.05, 3.63) is 82.0 Å². The van der Waals surface area contributed by atoms with Crippen LogP contribution in [0.3, 0.4) is 0 Å². The number of nitrogens with zero attached hydrogens (tertiary/aromatic N) is 1. The van der Waals surface area contributed by atoms with Gasteiger partial charge in [-0.2, -0.15) is 0 Å². The van der Waals surface area contributed by atoms with Crippen LogP contribution in [0.4, 0.5) is 11.4 Å². The highest BCUT2D eigenvalue weighted by molar-refractivity contribution is 8.00. The zero-order valence-corrected chi connectivity index (χ0v) is 17.8. The van der Waals surface area contributed by atoms with E-state index in [0.717, 1.165) is 29.8 Å². The van der Waals surface area contributed by atoms with Gasteiger partial charge in [-0.1, -0.05) is 49.7 Å². The highest BCUT2D eigenvalue weighted by Crippen LogP contribution is 2.43. The van der Waals surface area contributed by atoms with Crippen LogP contribution in [0.15, 0.2) is 66.0 Å². The van der Waals surface area contributed by atoms with Crippen molar-refractivity contribution < 1.29 is 9.59 Å². The molecule has 148 valence electrons. The highest BCUT2D eigenvalue weighted by atomic mass is 32.2. The van der Waals surface area contributed by atoms with Crippen molar-refractivity contribution in [1.82, 2.24) is 0 Å². The second-order valence-electron chi connectivity index (χ2n) is 6.86. The molecule has 0 spiro atoms. The molecule has 3 aromatic rings. The number of carbonyl (C=O) groups excluding carboxylic acids is 2. The van der Waals surface area contributed by atoms with Gasteiger partial charge in [0.25, 0.3) is 5.91 Å². The average Bonchev–Trinajstić information content (AvgIpc) is 3.40. The van der Waals surface area contributed by atoms with Gasteiger partial charge in [-0.3, -0.25) is 14.5 Å². The van der Waals surface area contributed by atoms with E-state index in [1.165, 1.54) is 16.9 Å². The predicted octanol–water partition coefficient (Wildman–Crippen LogP) is 5.73. The first-order valence-corrected chi connectivity index (χ1v) is 11.6. The van der Waals surface area contributed by atoms with Crippen molar-refractivity contribution in [3.8, 4) is 0 Å². The van der Waals surface area contributed by atoms with Crippen molar-refractivity contribution in [1.29, 1.82) is 0 Å². The van der Waals surface area contributed by atoms with Gasteiger partial charge in [-0.05, 0) is 47.2 Å². The van der Waals surface area contributed by atoms with Crippen LogP contribution in [-0.2, 0) is 11.2 Å². The fourth-order valence-corrected chi connectivity index (χ4v) is 5.28. The Kier molecular flexibility index (Phi) is 6.02. The first-order valence-electron chi connectivity index (χ1n) is 9.63. The number of nitrogens with one attached hydrogen (secondary N) is 1. The summed E-state index contributed by atoms with van der Waals surface area (Å²) in [5, 5.41) is 4.76. The van der Waals surface area contributed by atoms with Gasteiger partial charge in [-0.25, -0.2) is 0 Å². The molecule has 0 aliphatic carbocycles. The van der Waals surface area contributed by atoms with Gasteiger partial charge in [0.2, 0.25) is 5.91 Å². The lowest BCUT2D eigenvalue weighted by Gasteiger charge is -2.26. The third-order valence-corrected chi connectivity index (χ3v) is 6.92. The third kappa shape index (κ3) is 4.23. The Balaban J connectivity index is 1.56. The van der Waals surface area contributed by atoms with Crippen LogP contribution in [0.1, 0.15) is 39.5 Å². The van der Waals surface area contributed by atoms with Crippen molar-refractivity contribution in [2.75, 3.05) is 16.0 Å². The van der Waals surface area contributed by atoms with Gasteiger partial charge in [0.05, 0.1) is 10.6 Å². The van der Waals surface area contributed by atoms with E-state index in [0.29, 0.717) is 10.6 Å². The number of aryl methyl sites for hydroxylation is 1. The Labute approximate surface area is 178 Å². The van der Waals surface area contributed by atoms with E-state index in [1.54, 1.807) is 17.8 Å². The monoisotopic (exact) mass is 422 g/mol. The molecule has 29 heavy (non-hydrogen) atoms. The summed E-state index contributed by atoms with van der Waals surface area (Å²) in [7, 11) is 0. The summed E-state index contributed by atoms with van der Waals surface area (Å²) in [6.45, 7) is 2.15. The van der Waals surface area contributed by atoms with Crippen LogP contribution in [0.2, 0.25) is 0 Å². The number of benzene rings is 2. The molecule has 1 fully saturated rings. The molecule has 1 aliphatic heterocycles. The smallest absolute Gasteiger partial charge is 0.265 e. The van der Waals surface area contributed by atoms with Crippen LogP contribution >= 0.6 is 23.1 Å². The summed E-state index contributed by atoms with van der Waals surface area (Å²) in [5.74, 6) is 0.508. The number of thioether (sulfide) groups is 1. The topological polar surface area (TPSA) is 49.4 Å². The van der Waals surface area contributed by atoms with Crippen molar-refractivity contribution in [3.63, 3.8) is 0 Å². The standard InChI is InChI=1S/C23H22N2O2S2/c1-2-6-16-7-3-4-8-19(16)25-21(26)15-29-23(25)17-10-12-18(13-11-17)24-22(27)20-9-5-14-28-20/h3-5,7-14,23H,2,6,15H2,1H3,(H,24,27). The lowest BCUT2D eigenvalue weighted by Crippen LogP contribution is -2.28. The Bertz CT molecular complexity index is 1000. The summed E-state index contributed by atoms with van der Waals surface area (Å²) < 4.78 is 0. The molecule has 4 rings (SSSR count). The fraction of sp³-hybridized carbons (Fsp3) is 0.217. The summed E-state index contributed by atoms with van der Waals surface area (Å²) in [5.41, 5.74) is 4.01. The summed E-state index contributed by atoms with van der Waals surface area (Å²) in [6.07, 6.45) is 1.99. The summed E-state index contributed by atoms with van der Waals surface area (Å²) >= 11 is 3.06. The minimum Gasteiger partial charge on any atom is -0.321 e. The number of hydrogen-bond acceptors (Lipinski definition) is 4. The summed E-state index contributed by atoms with van der Waals surface area (Å²) in [6, 6.07) is 19.6. The van der Waals surface area contributed by atoms with Crippen LogP contribution in [0, 0.1) is 0 Å². The van der Waals surface area contributed by atoms with Gasteiger partial charge < -0.3 is 5.32 Å². The molecular formula is C23H22N2O2S2. The lowest BCUT2D eigenvalue weighted by molar-refractivity contribution is -0.115. The molecule has 1 N–H and O–H groups in total. The van der Waals surface area contributed by atoms with E-state index in [2.05, 4.69) is 18.3 Å². The van der Waals surface area contributed by atoms with E-state index < -0.39 is 0 Å². The predicted molar refractivity (Wildman–Crippen MR) is 122 cm³/mol. The maximum Gasteiger partial charge on any atom is 0.265 e. The molecule has 2 amide bonds. The van der Waals surface area contributed by atoms with Gasteiger partial charge in [0.1, 0.15) is 5.37 Å². The molecule has 0 bridgehead atoms. The molecule has 6 heteroatoms. The van der Waals surface area contributed by atoms with E-state index in [9.17, 15) is 9.59 Å². The maximum atomic E-state index is 12.7. The quantitative estimate of drug-likeness (QED) is 0.552. The minimum atomic E-state index is -0.103. The molecule has 0 radical (unpaired) electrons. The largest absolute Gasteiger partial charge is 0.321 e. The lowest BCUT2D eigenvalue weighted by atomic mass is 10.1. The zero-order chi connectivity index (χ0) is 20.2. The Morgan fingerprint density at radius 3 is 2.62 bits per heavy atom. The Hall–Kier alpha value is -2.57. The van der Waals surface area contributed by atoms with Gasteiger partial charge in [0, 0.05) is 11.4 Å². The molecule has 1 aliphatic rings. The van der Waals surface area contributed by atoms with Gasteiger partial charge in [-0.15, -0.1) is 23.1 Å². The highest BCUT2D eigenvalue weighted by Gasteiger charge is 2.34. The van der Waals surface area contributed by atoms with E-state index >= 15 is 0 Å². The van der Waals surface area contributed by atoms with Crippen LogP contribution < -0.4 is 10.2 Å². The third-order valence-electron chi connectivity index (χ3n) is 4.84. The van der Waals surface area contributed by atoms with Crippen LogP contribution in [0.25, 0.3) is 0 Å². The number of hydrogen-bond donors (Lipinski definition) is 1. The van der Waals surface area contributed by atoms with Gasteiger partial charge in [0.15, 0.2) is 0 Å². The minimum absolute atomic E-state index is 0.0532. The molecule has 1 saturated heterocycles. The molecule has 4 nitrogen and oxygen atoms in total. The van der Waals surface area contributed by atoms with Crippen molar-refractivity contribution in [2.24, 2.45) is 0 Å². The number of thiophene rings is 1. The number of rotatable bonds is 6. The van der Waals surface area contributed by atoms with Crippen molar-refractivity contribution in [2.45, 2.75) is 25.1 Å². The molecule has 2 aromatic carbocycles. The first-order chi connectivity index (χ1) is 14.2. The van der Waals surface area contributed by atoms with E-state index in [-0.39, 0.29) is 17.2 Å². The fourth-order valence-electron chi connectivity index (χ4n) is 3.49. The normalized spacial score (nSPS) is 16.2. The average molecular weight is 423 g/mol. The van der Waals surface area contributed by atoms with E-state index in [4.69, 9.17) is 0 Å². The van der Waals surface area contributed by atoms with E-state index in [1.807, 2.05) is 58.8 Å². The Morgan fingerprint density at radius 1 is 1.10 bits per heavy atom. The van der Waals surface area contributed by atoms with Crippen molar-refractivity contribution >= 4 is 46.3 Å². The molecule has 2 heterocycles. The molecule has 0 saturated carbocycles. The first kappa shape index (κ1) is 19.7. The second-order valence-corrected chi connectivity index (χ2v) is 8.88. The molecular weight excluding hydrogens is 400 g/mol. The molecule has 1 atom stereocenters. The zero-order valence-electron chi connectivity index (χ0n) is 16.1. The number of amides is 2. The maximum absolute atomic E-state index is 12.7. The second kappa shape index (κ2) is 8.84. The number of para-hydroxylation sites is 1. The number of anilines is 2. The molecule has 1 aromatic heterocycles. The van der Waals surface area contributed by atoms with Gasteiger partial charge >= 0.3 is 0 Å². The van der Waals surface area contributed by atoms with Crippen LogP contribution in [0.5, 0.6) is 0 Å². The summed E-state index contributed by atoms with van der Waals surface area (Å²) in [4.78, 5) is 27.6. The Morgan fingerprint density at radius 2 is 1.90 bits per heavy atom.